The molecule has 1 unspecified atom stereocenters. The van der Waals surface area contributed by atoms with Gasteiger partial charge in [-0.15, -0.1) is 11.3 Å². The molecule has 0 saturated heterocycles. The molecule has 1 heterocycles. The molecule has 2 rings (SSSR count). The van der Waals surface area contributed by atoms with E-state index in [9.17, 15) is 0 Å². The maximum absolute atomic E-state index is 4.81. The summed E-state index contributed by atoms with van der Waals surface area (Å²) in [7, 11) is 0. The van der Waals surface area contributed by atoms with Crippen LogP contribution < -0.4 is 5.32 Å². The van der Waals surface area contributed by atoms with Gasteiger partial charge < -0.3 is 5.32 Å². The first-order chi connectivity index (χ1) is 7.88. The summed E-state index contributed by atoms with van der Waals surface area (Å²) in [5.74, 6) is 0.529. The molecule has 17 heavy (non-hydrogen) atoms. The van der Waals surface area contributed by atoms with Crippen LogP contribution in [0.2, 0.25) is 0 Å². The fourth-order valence-electron chi connectivity index (χ4n) is 1.88. The van der Waals surface area contributed by atoms with Crippen molar-refractivity contribution in [3.8, 4) is 0 Å². The third-order valence-corrected chi connectivity index (χ3v) is 4.15. The van der Waals surface area contributed by atoms with E-state index in [1.54, 1.807) is 0 Å². The Morgan fingerprint density at radius 2 is 2.00 bits per heavy atom. The van der Waals surface area contributed by atoms with Crippen molar-refractivity contribution in [2.45, 2.75) is 65.5 Å². The van der Waals surface area contributed by atoms with Crippen molar-refractivity contribution in [3.05, 3.63) is 16.1 Å². The number of thiazole rings is 1. The van der Waals surface area contributed by atoms with Gasteiger partial charge in [0.2, 0.25) is 0 Å². The molecule has 0 amide bonds. The van der Waals surface area contributed by atoms with Crippen LogP contribution in [0.15, 0.2) is 5.38 Å². The Morgan fingerprint density at radius 3 is 2.41 bits per heavy atom. The van der Waals surface area contributed by atoms with Gasteiger partial charge in [0.25, 0.3) is 0 Å². The molecule has 0 bridgehead atoms. The molecule has 1 N–H and O–H groups in total. The van der Waals surface area contributed by atoms with Crippen molar-refractivity contribution in [1.82, 2.24) is 10.3 Å². The quantitative estimate of drug-likeness (QED) is 0.872. The monoisotopic (exact) mass is 252 g/mol. The first-order valence-corrected chi connectivity index (χ1v) is 7.47. The van der Waals surface area contributed by atoms with Crippen LogP contribution in [0, 0.1) is 5.41 Å². The summed E-state index contributed by atoms with van der Waals surface area (Å²) >= 11 is 1.81. The number of nitrogens with one attached hydrogen (secondary N) is 1. The zero-order chi connectivity index (χ0) is 12.6. The highest BCUT2D eigenvalue weighted by molar-refractivity contribution is 7.09. The van der Waals surface area contributed by atoms with Gasteiger partial charge >= 0.3 is 0 Å². The molecule has 3 heteroatoms. The highest BCUT2D eigenvalue weighted by Crippen LogP contribution is 2.38. The molecule has 1 aliphatic rings. The maximum Gasteiger partial charge on any atom is 0.110 e. The van der Waals surface area contributed by atoms with E-state index in [2.05, 4.69) is 45.3 Å². The molecule has 0 aliphatic heterocycles. The summed E-state index contributed by atoms with van der Waals surface area (Å²) in [4.78, 5) is 4.81. The van der Waals surface area contributed by atoms with Gasteiger partial charge in [-0.3, -0.25) is 0 Å². The molecule has 1 atom stereocenters. The Morgan fingerprint density at radius 1 is 1.35 bits per heavy atom. The number of nitrogens with zero attached hydrogens (tertiary/aromatic N) is 1. The molecule has 1 aliphatic carbocycles. The normalized spacial score (nSPS) is 18.7. The molecule has 0 aromatic carbocycles. The largest absolute Gasteiger partial charge is 0.305 e. The Balaban J connectivity index is 2.18. The van der Waals surface area contributed by atoms with E-state index < -0.39 is 0 Å². The summed E-state index contributed by atoms with van der Waals surface area (Å²) in [6.07, 6.45) is 2.66. The Hall–Kier alpha value is -0.410. The predicted octanol–water partition coefficient (Wildman–Crippen LogP) is 4.11. The van der Waals surface area contributed by atoms with E-state index >= 15 is 0 Å². The minimum absolute atomic E-state index is 0.231. The van der Waals surface area contributed by atoms with E-state index in [0.29, 0.717) is 12.0 Å². The SMILES string of the molecule is CC(C)c1csc(C(NC2CC2)C(C)(C)C)n1. The van der Waals surface area contributed by atoms with Crippen LogP contribution in [0.5, 0.6) is 0 Å². The number of aromatic nitrogens is 1. The number of hydrogen-bond acceptors (Lipinski definition) is 3. The third-order valence-electron chi connectivity index (χ3n) is 3.22. The molecular formula is C14H24N2S. The van der Waals surface area contributed by atoms with Crippen molar-refractivity contribution in [1.29, 1.82) is 0 Å². The second kappa shape index (κ2) is 4.69. The lowest BCUT2D eigenvalue weighted by atomic mass is 9.87. The average molecular weight is 252 g/mol. The first kappa shape index (κ1) is 13.0. The molecule has 96 valence electrons. The lowest BCUT2D eigenvalue weighted by molar-refractivity contribution is 0.269. The summed E-state index contributed by atoms with van der Waals surface area (Å²) in [6.45, 7) is 11.3. The predicted molar refractivity (Wildman–Crippen MR) is 74.6 cm³/mol. The van der Waals surface area contributed by atoms with Gasteiger partial charge in [-0.2, -0.15) is 0 Å². The molecular weight excluding hydrogens is 228 g/mol. The third kappa shape index (κ3) is 3.29. The van der Waals surface area contributed by atoms with Crippen LogP contribution in [-0.4, -0.2) is 11.0 Å². The summed E-state index contributed by atoms with van der Waals surface area (Å²) in [5.41, 5.74) is 1.46. The zero-order valence-electron chi connectivity index (χ0n) is 11.6. The average Bonchev–Trinajstić information content (AvgIpc) is 2.88. The van der Waals surface area contributed by atoms with Gasteiger partial charge in [0.1, 0.15) is 5.01 Å². The van der Waals surface area contributed by atoms with Crippen LogP contribution in [0.4, 0.5) is 0 Å². The second-order valence-electron chi connectivity index (χ2n) is 6.51. The van der Waals surface area contributed by atoms with Gasteiger partial charge in [-0.05, 0) is 24.2 Å². The zero-order valence-corrected chi connectivity index (χ0v) is 12.4. The van der Waals surface area contributed by atoms with Gasteiger partial charge in [0.15, 0.2) is 0 Å². The van der Waals surface area contributed by atoms with Crippen LogP contribution >= 0.6 is 11.3 Å². The van der Waals surface area contributed by atoms with Crippen LogP contribution in [0.25, 0.3) is 0 Å². The second-order valence-corrected chi connectivity index (χ2v) is 7.39. The molecule has 0 radical (unpaired) electrons. The Labute approximate surface area is 109 Å². The van der Waals surface area contributed by atoms with E-state index in [-0.39, 0.29) is 5.41 Å². The number of hydrogen-bond donors (Lipinski definition) is 1. The summed E-state index contributed by atoms with van der Waals surface area (Å²) < 4.78 is 0. The van der Waals surface area contributed by atoms with Crippen LogP contribution in [0.3, 0.4) is 0 Å². The fraction of sp³-hybridized carbons (Fsp3) is 0.786. The van der Waals surface area contributed by atoms with Crippen molar-refractivity contribution >= 4 is 11.3 Å². The first-order valence-electron chi connectivity index (χ1n) is 6.59. The van der Waals surface area contributed by atoms with Gasteiger partial charge in [-0.1, -0.05) is 34.6 Å². The van der Waals surface area contributed by atoms with Crippen molar-refractivity contribution in [2.75, 3.05) is 0 Å². The molecule has 1 saturated carbocycles. The lowest BCUT2D eigenvalue weighted by Crippen LogP contribution is -2.33. The molecule has 0 spiro atoms. The summed E-state index contributed by atoms with van der Waals surface area (Å²) in [5, 5.41) is 7.22. The lowest BCUT2D eigenvalue weighted by Gasteiger charge is -2.30. The van der Waals surface area contributed by atoms with Crippen molar-refractivity contribution < 1.29 is 0 Å². The minimum Gasteiger partial charge on any atom is -0.305 e. The van der Waals surface area contributed by atoms with Crippen molar-refractivity contribution in [3.63, 3.8) is 0 Å². The van der Waals surface area contributed by atoms with Gasteiger partial charge in [0.05, 0.1) is 11.7 Å². The van der Waals surface area contributed by atoms with E-state index in [4.69, 9.17) is 4.98 Å². The van der Waals surface area contributed by atoms with Crippen LogP contribution in [0.1, 0.15) is 70.1 Å². The standard InChI is InChI=1S/C14H24N2S/c1-9(2)11-8-17-13(16-11)12(14(3,4)5)15-10-6-7-10/h8-10,12,15H,6-7H2,1-5H3. The Kier molecular flexibility index (Phi) is 3.60. The smallest absolute Gasteiger partial charge is 0.110 e. The molecule has 1 aromatic rings. The maximum atomic E-state index is 4.81. The molecule has 2 nitrogen and oxygen atoms in total. The topological polar surface area (TPSA) is 24.9 Å². The van der Waals surface area contributed by atoms with Gasteiger partial charge in [0, 0.05) is 11.4 Å². The highest BCUT2D eigenvalue weighted by atomic mass is 32.1. The number of rotatable bonds is 4. The van der Waals surface area contributed by atoms with E-state index in [1.165, 1.54) is 23.5 Å². The Bertz CT molecular complexity index is 372. The van der Waals surface area contributed by atoms with Crippen molar-refractivity contribution in [2.24, 2.45) is 5.41 Å². The van der Waals surface area contributed by atoms with Gasteiger partial charge in [-0.25, -0.2) is 4.98 Å². The molecule has 1 fully saturated rings. The minimum atomic E-state index is 0.231. The highest BCUT2D eigenvalue weighted by Gasteiger charge is 2.34. The molecule has 1 aromatic heterocycles. The van der Waals surface area contributed by atoms with Crippen LogP contribution in [-0.2, 0) is 0 Å². The van der Waals surface area contributed by atoms with E-state index in [1.807, 2.05) is 11.3 Å². The summed E-state index contributed by atoms with van der Waals surface area (Å²) in [6, 6.07) is 1.12. The van der Waals surface area contributed by atoms with E-state index in [0.717, 1.165) is 6.04 Å². The fourth-order valence-corrected chi connectivity index (χ4v) is 3.16.